The molecule has 1 N–H and O–H groups in total. The molecule has 0 amide bonds. The fraction of sp³-hybridized carbons (Fsp3) is 0.188. The lowest BCUT2D eigenvalue weighted by molar-refractivity contribution is 0.0697. The number of carbonyl (C=O) groups is 1. The second kappa shape index (κ2) is 5.85. The highest BCUT2D eigenvalue weighted by atomic mass is 16.5. The molecule has 6 heteroatoms. The van der Waals surface area contributed by atoms with E-state index >= 15 is 0 Å². The Labute approximate surface area is 127 Å². The van der Waals surface area contributed by atoms with E-state index in [4.69, 9.17) is 9.84 Å². The summed E-state index contributed by atoms with van der Waals surface area (Å²) in [5.41, 5.74) is 2.14. The standard InChI is InChI=1S/C16H15N3O3/c1-22-14-8-4-11(5-9-14)15-10-19(18-17-15)13-6-2-12(3-7-13)16(20)21/h2-9,15H,10H2,1H3,(H,20,21). The van der Waals surface area contributed by atoms with Crippen molar-refractivity contribution in [3.8, 4) is 5.75 Å². The van der Waals surface area contributed by atoms with Crippen LogP contribution < -0.4 is 9.75 Å². The first kappa shape index (κ1) is 14.1. The van der Waals surface area contributed by atoms with Crippen LogP contribution >= 0.6 is 0 Å². The van der Waals surface area contributed by atoms with Crippen LogP contribution in [0.1, 0.15) is 22.0 Å². The molecule has 0 aliphatic carbocycles. The molecule has 2 aromatic rings. The van der Waals surface area contributed by atoms with E-state index < -0.39 is 5.97 Å². The second-order valence-electron chi connectivity index (χ2n) is 4.93. The van der Waals surface area contributed by atoms with E-state index in [1.807, 2.05) is 24.3 Å². The molecular weight excluding hydrogens is 282 g/mol. The van der Waals surface area contributed by atoms with Gasteiger partial charge in [-0.1, -0.05) is 17.4 Å². The number of anilines is 1. The average molecular weight is 297 g/mol. The summed E-state index contributed by atoms with van der Waals surface area (Å²) in [5.74, 6) is -0.134. The Morgan fingerprint density at radius 2 is 1.86 bits per heavy atom. The van der Waals surface area contributed by atoms with E-state index in [9.17, 15) is 4.79 Å². The van der Waals surface area contributed by atoms with Crippen LogP contribution in [0.5, 0.6) is 5.75 Å². The molecule has 1 atom stereocenters. The molecule has 1 unspecified atom stereocenters. The number of hydrogen-bond donors (Lipinski definition) is 1. The number of hydrogen-bond acceptors (Lipinski definition) is 5. The molecule has 0 fully saturated rings. The first-order chi connectivity index (χ1) is 10.7. The zero-order chi connectivity index (χ0) is 15.5. The average Bonchev–Trinajstić information content (AvgIpc) is 3.05. The van der Waals surface area contributed by atoms with Gasteiger partial charge in [-0.15, -0.1) is 0 Å². The van der Waals surface area contributed by atoms with Crippen molar-refractivity contribution in [1.29, 1.82) is 0 Å². The van der Waals surface area contributed by atoms with Gasteiger partial charge in [0.2, 0.25) is 0 Å². The topological polar surface area (TPSA) is 74.5 Å². The molecule has 0 radical (unpaired) electrons. The normalized spacial score (nSPS) is 16.8. The highest BCUT2D eigenvalue weighted by Gasteiger charge is 2.22. The first-order valence-electron chi connectivity index (χ1n) is 6.83. The lowest BCUT2D eigenvalue weighted by Crippen LogP contribution is -2.16. The van der Waals surface area contributed by atoms with Crippen molar-refractivity contribution in [2.24, 2.45) is 10.3 Å². The van der Waals surface area contributed by atoms with Crippen LogP contribution in [-0.4, -0.2) is 24.7 Å². The predicted octanol–water partition coefficient (Wildman–Crippen LogP) is 3.32. The van der Waals surface area contributed by atoms with Gasteiger partial charge in [-0.3, -0.25) is 0 Å². The van der Waals surface area contributed by atoms with Gasteiger partial charge >= 0.3 is 5.97 Å². The molecule has 1 aliphatic heterocycles. The number of ether oxygens (including phenoxy) is 1. The minimum Gasteiger partial charge on any atom is -0.497 e. The molecule has 112 valence electrons. The Hall–Kier alpha value is -2.89. The number of benzene rings is 2. The Bertz CT molecular complexity index is 696. The number of rotatable bonds is 4. The van der Waals surface area contributed by atoms with Crippen molar-refractivity contribution in [3.05, 3.63) is 59.7 Å². The quantitative estimate of drug-likeness (QED) is 0.939. The summed E-state index contributed by atoms with van der Waals surface area (Å²) < 4.78 is 5.14. The lowest BCUT2D eigenvalue weighted by Gasteiger charge is -2.14. The van der Waals surface area contributed by atoms with Gasteiger partial charge in [-0.05, 0) is 42.0 Å². The highest BCUT2D eigenvalue weighted by Crippen LogP contribution is 2.29. The Morgan fingerprint density at radius 3 is 2.45 bits per heavy atom. The zero-order valence-electron chi connectivity index (χ0n) is 12.0. The van der Waals surface area contributed by atoms with Crippen LogP contribution in [0.4, 0.5) is 5.69 Å². The molecule has 1 heterocycles. The smallest absolute Gasteiger partial charge is 0.335 e. The van der Waals surface area contributed by atoms with E-state index in [1.54, 1.807) is 36.4 Å². The number of carboxylic acids is 1. The maximum absolute atomic E-state index is 10.9. The minimum atomic E-state index is -0.939. The molecule has 0 saturated carbocycles. The summed E-state index contributed by atoms with van der Waals surface area (Å²) in [6.07, 6.45) is 0. The zero-order valence-corrected chi connectivity index (χ0v) is 12.0. The molecule has 3 rings (SSSR count). The number of carboxylic acid groups (broad SMARTS) is 1. The largest absolute Gasteiger partial charge is 0.497 e. The number of nitrogens with zero attached hydrogens (tertiary/aromatic N) is 3. The van der Waals surface area contributed by atoms with Crippen molar-refractivity contribution in [3.63, 3.8) is 0 Å². The van der Waals surface area contributed by atoms with E-state index in [0.29, 0.717) is 6.54 Å². The Morgan fingerprint density at radius 1 is 1.18 bits per heavy atom. The van der Waals surface area contributed by atoms with Crippen molar-refractivity contribution < 1.29 is 14.6 Å². The summed E-state index contributed by atoms with van der Waals surface area (Å²) in [5, 5.41) is 19.1. The molecule has 2 aromatic carbocycles. The van der Waals surface area contributed by atoms with E-state index in [2.05, 4.69) is 10.3 Å². The highest BCUT2D eigenvalue weighted by molar-refractivity contribution is 5.88. The summed E-state index contributed by atoms with van der Waals surface area (Å²) >= 11 is 0. The SMILES string of the molecule is COc1ccc(C2CN(c3ccc(C(=O)O)cc3)N=N2)cc1. The number of aromatic carboxylic acids is 1. The third-order valence-corrected chi connectivity index (χ3v) is 3.56. The summed E-state index contributed by atoms with van der Waals surface area (Å²) in [7, 11) is 1.63. The molecule has 0 saturated heterocycles. The number of methoxy groups -OCH3 is 1. The third kappa shape index (κ3) is 2.76. The summed E-state index contributed by atoms with van der Waals surface area (Å²) in [6, 6.07) is 14.3. The fourth-order valence-electron chi connectivity index (χ4n) is 2.29. The lowest BCUT2D eigenvalue weighted by atomic mass is 10.1. The van der Waals surface area contributed by atoms with Crippen LogP contribution in [0.3, 0.4) is 0 Å². The van der Waals surface area contributed by atoms with Crippen LogP contribution in [0.15, 0.2) is 58.9 Å². The molecule has 0 bridgehead atoms. The van der Waals surface area contributed by atoms with Gasteiger partial charge in [-0.25, -0.2) is 9.80 Å². The first-order valence-corrected chi connectivity index (χ1v) is 6.83. The molecule has 22 heavy (non-hydrogen) atoms. The predicted molar refractivity (Wildman–Crippen MR) is 81.3 cm³/mol. The van der Waals surface area contributed by atoms with Crippen LogP contribution in [0, 0.1) is 0 Å². The maximum atomic E-state index is 10.9. The van der Waals surface area contributed by atoms with Crippen molar-refractivity contribution >= 4 is 11.7 Å². The minimum absolute atomic E-state index is 0.0370. The third-order valence-electron chi connectivity index (χ3n) is 3.56. The van der Waals surface area contributed by atoms with Crippen molar-refractivity contribution in [2.75, 3.05) is 18.7 Å². The van der Waals surface area contributed by atoms with Gasteiger partial charge in [0.25, 0.3) is 0 Å². The molecule has 1 aliphatic rings. The summed E-state index contributed by atoms with van der Waals surface area (Å²) in [6.45, 7) is 0.624. The van der Waals surface area contributed by atoms with Crippen molar-refractivity contribution in [1.82, 2.24) is 0 Å². The van der Waals surface area contributed by atoms with Gasteiger partial charge in [0, 0.05) is 0 Å². The van der Waals surface area contributed by atoms with Crippen molar-refractivity contribution in [2.45, 2.75) is 6.04 Å². The Balaban J connectivity index is 1.71. The molecular formula is C16H15N3O3. The van der Waals surface area contributed by atoms with Crippen LogP contribution in [0.25, 0.3) is 0 Å². The second-order valence-corrected chi connectivity index (χ2v) is 4.93. The molecule has 6 nitrogen and oxygen atoms in total. The molecule has 0 aromatic heterocycles. The van der Waals surface area contributed by atoms with E-state index in [0.717, 1.165) is 17.0 Å². The van der Waals surface area contributed by atoms with Gasteiger partial charge in [0.15, 0.2) is 0 Å². The van der Waals surface area contributed by atoms with Crippen LogP contribution in [-0.2, 0) is 0 Å². The maximum Gasteiger partial charge on any atom is 0.335 e. The van der Waals surface area contributed by atoms with Gasteiger partial charge < -0.3 is 9.84 Å². The Kier molecular flexibility index (Phi) is 3.74. The van der Waals surface area contributed by atoms with Gasteiger partial charge in [0.1, 0.15) is 11.8 Å². The summed E-state index contributed by atoms with van der Waals surface area (Å²) in [4.78, 5) is 10.9. The van der Waals surface area contributed by atoms with Crippen LogP contribution in [0.2, 0.25) is 0 Å². The van der Waals surface area contributed by atoms with E-state index in [1.165, 1.54) is 0 Å². The monoisotopic (exact) mass is 297 g/mol. The van der Waals surface area contributed by atoms with Gasteiger partial charge in [0.05, 0.1) is 24.9 Å². The van der Waals surface area contributed by atoms with Gasteiger partial charge in [-0.2, -0.15) is 5.11 Å². The van der Waals surface area contributed by atoms with E-state index in [-0.39, 0.29) is 11.6 Å². The fourth-order valence-corrected chi connectivity index (χ4v) is 2.29. The molecule has 0 spiro atoms.